The van der Waals surface area contributed by atoms with Crippen LogP contribution in [0, 0.1) is 0 Å². The third kappa shape index (κ3) is 3.26. The van der Waals surface area contributed by atoms with Crippen LogP contribution in [0.15, 0.2) is 0 Å². The fourth-order valence-electron chi connectivity index (χ4n) is 2.00. The lowest BCUT2D eigenvalue weighted by Crippen LogP contribution is -2.50. The Morgan fingerprint density at radius 1 is 1.50 bits per heavy atom. The van der Waals surface area contributed by atoms with Gasteiger partial charge in [-0.15, -0.1) is 11.8 Å². The third-order valence-corrected chi connectivity index (χ3v) is 6.80. The summed E-state index contributed by atoms with van der Waals surface area (Å²) in [6.07, 6.45) is 1.27. The van der Waals surface area contributed by atoms with Crippen LogP contribution in [0.3, 0.4) is 0 Å². The normalized spacial score (nSPS) is 25.4. The second-order valence-electron chi connectivity index (χ2n) is 4.47. The van der Waals surface area contributed by atoms with E-state index in [-0.39, 0.29) is 5.75 Å². The van der Waals surface area contributed by atoms with Crippen LogP contribution >= 0.6 is 11.8 Å². The minimum absolute atomic E-state index is 0.188. The number of ether oxygens (including phenoxy) is 1. The van der Waals surface area contributed by atoms with Crippen molar-refractivity contribution in [2.24, 2.45) is 0 Å². The molecule has 1 heterocycles. The maximum Gasteiger partial charge on any atom is 0.325 e. The van der Waals surface area contributed by atoms with E-state index in [1.165, 1.54) is 18.7 Å². The number of hydrogen-bond donors (Lipinski definition) is 1. The predicted molar refractivity (Wildman–Crippen MR) is 74.8 cm³/mol. The van der Waals surface area contributed by atoms with Gasteiger partial charge < -0.3 is 9.84 Å². The van der Waals surface area contributed by atoms with Crippen LogP contribution in [0.2, 0.25) is 0 Å². The average molecular weight is 325 g/mol. The van der Waals surface area contributed by atoms with E-state index in [9.17, 15) is 23.1 Å². The zero-order valence-corrected chi connectivity index (χ0v) is 13.2. The van der Waals surface area contributed by atoms with E-state index >= 15 is 0 Å². The highest BCUT2D eigenvalue weighted by Gasteiger charge is 2.48. The SMILES string of the molecule is CCCC1SCC(C(=O)O)N1S(=O)(=O)C(C)C(=O)OC. The lowest BCUT2D eigenvalue weighted by molar-refractivity contribution is -0.142. The number of esters is 1. The molecule has 9 heteroatoms. The van der Waals surface area contributed by atoms with Gasteiger partial charge >= 0.3 is 11.9 Å². The van der Waals surface area contributed by atoms with Crippen molar-refractivity contribution < 1.29 is 27.9 Å². The first kappa shape index (κ1) is 17.3. The number of carbonyl (C=O) groups excluding carboxylic acids is 1. The van der Waals surface area contributed by atoms with Gasteiger partial charge in [-0.25, -0.2) is 8.42 Å². The number of aliphatic carboxylic acids is 1. The van der Waals surface area contributed by atoms with Gasteiger partial charge in [-0.2, -0.15) is 4.31 Å². The zero-order chi connectivity index (χ0) is 15.5. The van der Waals surface area contributed by atoms with Gasteiger partial charge in [0.1, 0.15) is 6.04 Å². The van der Waals surface area contributed by atoms with Crippen molar-refractivity contribution in [1.82, 2.24) is 4.31 Å². The Kier molecular flexibility index (Phi) is 5.84. The van der Waals surface area contributed by atoms with Crippen molar-refractivity contribution in [3.8, 4) is 0 Å². The smallest absolute Gasteiger partial charge is 0.325 e. The number of carboxylic acid groups (broad SMARTS) is 1. The van der Waals surface area contributed by atoms with Gasteiger partial charge in [0, 0.05) is 5.75 Å². The number of carbonyl (C=O) groups is 2. The highest BCUT2D eigenvalue weighted by molar-refractivity contribution is 8.01. The van der Waals surface area contributed by atoms with E-state index in [1.807, 2.05) is 6.92 Å². The van der Waals surface area contributed by atoms with E-state index < -0.39 is 38.6 Å². The Bertz CT molecular complexity index is 477. The summed E-state index contributed by atoms with van der Waals surface area (Å²) in [6, 6.07) is -1.13. The minimum Gasteiger partial charge on any atom is -0.480 e. The van der Waals surface area contributed by atoms with Crippen LogP contribution in [-0.4, -0.2) is 59.3 Å². The van der Waals surface area contributed by atoms with Gasteiger partial charge in [-0.1, -0.05) is 13.3 Å². The number of methoxy groups -OCH3 is 1. The van der Waals surface area contributed by atoms with E-state index in [2.05, 4.69) is 4.74 Å². The molecule has 1 saturated heterocycles. The summed E-state index contributed by atoms with van der Waals surface area (Å²) in [6.45, 7) is 3.11. The molecular formula is C11H19NO6S2. The summed E-state index contributed by atoms with van der Waals surface area (Å²) in [5, 5.41) is 7.32. The molecule has 0 aromatic rings. The summed E-state index contributed by atoms with van der Waals surface area (Å²) in [7, 11) is -2.96. The molecule has 20 heavy (non-hydrogen) atoms. The largest absolute Gasteiger partial charge is 0.480 e. The Morgan fingerprint density at radius 3 is 2.55 bits per heavy atom. The first-order valence-electron chi connectivity index (χ1n) is 6.21. The number of nitrogens with zero attached hydrogens (tertiary/aromatic N) is 1. The topological polar surface area (TPSA) is 101 Å². The monoisotopic (exact) mass is 325 g/mol. The Balaban J connectivity index is 3.14. The fourth-order valence-corrected chi connectivity index (χ4v) is 5.70. The molecule has 1 aliphatic rings. The van der Waals surface area contributed by atoms with Crippen LogP contribution in [0.25, 0.3) is 0 Å². The molecular weight excluding hydrogens is 306 g/mol. The predicted octanol–water partition coefficient (Wildman–Crippen LogP) is 0.506. The molecule has 0 spiro atoms. The highest BCUT2D eigenvalue weighted by atomic mass is 32.2. The molecule has 0 radical (unpaired) electrons. The molecule has 1 aliphatic heterocycles. The van der Waals surface area contributed by atoms with Gasteiger partial charge in [0.05, 0.1) is 12.5 Å². The van der Waals surface area contributed by atoms with Gasteiger partial charge in [0.2, 0.25) is 10.0 Å². The van der Waals surface area contributed by atoms with Crippen molar-refractivity contribution in [3.05, 3.63) is 0 Å². The van der Waals surface area contributed by atoms with E-state index in [1.54, 1.807) is 0 Å². The molecule has 0 bridgehead atoms. The summed E-state index contributed by atoms with van der Waals surface area (Å²) in [4.78, 5) is 22.7. The molecule has 0 saturated carbocycles. The summed E-state index contributed by atoms with van der Waals surface area (Å²) in [5.74, 6) is -1.90. The van der Waals surface area contributed by atoms with E-state index in [4.69, 9.17) is 0 Å². The van der Waals surface area contributed by atoms with Gasteiger partial charge in [-0.05, 0) is 13.3 Å². The molecule has 0 aromatic carbocycles. The van der Waals surface area contributed by atoms with Crippen molar-refractivity contribution in [3.63, 3.8) is 0 Å². The maximum atomic E-state index is 12.5. The van der Waals surface area contributed by atoms with Gasteiger partial charge in [0.25, 0.3) is 0 Å². The van der Waals surface area contributed by atoms with Crippen molar-refractivity contribution in [1.29, 1.82) is 0 Å². The Labute approximate surface area is 122 Å². The van der Waals surface area contributed by atoms with Crippen LogP contribution in [0.4, 0.5) is 0 Å². The fraction of sp³-hybridized carbons (Fsp3) is 0.818. The number of sulfonamides is 1. The molecule has 1 rings (SSSR count). The van der Waals surface area contributed by atoms with Crippen molar-refractivity contribution in [2.75, 3.05) is 12.9 Å². The van der Waals surface area contributed by atoms with Crippen molar-refractivity contribution in [2.45, 2.75) is 43.4 Å². The second kappa shape index (κ2) is 6.77. The average Bonchev–Trinajstić information content (AvgIpc) is 2.82. The van der Waals surface area contributed by atoms with Crippen LogP contribution in [-0.2, 0) is 24.3 Å². The molecule has 0 amide bonds. The quantitative estimate of drug-likeness (QED) is 0.710. The number of thioether (sulfide) groups is 1. The van der Waals surface area contributed by atoms with Crippen LogP contribution < -0.4 is 0 Å². The van der Waals surface area contributed by atoms with Gasteiger partial charge in [-0.3, -0.25) is 9.59 Å². The number of rotatable bonds is 6. The molecule has 7 nitrogen and oxygen atoms in total. The van der Waals surface area contributed by atoms with Gasteiger partial charge in [0.15, 0.2) is 5.25 Å². The molecule has 0 aliphatic carbocycles. The molecule has 116 valence electrons. The summed E-state index contributed by atoms with van der Waals surface area (Å²) in [5.41, 5.74) is 0. The number of hydrogen-bond acceptors (Lipinski definition) is 6. The summed E-state index contributed by atoms with van der Waals surface area (Å²) < 4.78 is 30.4. The highest BCUT2D eigenvalue weighted by Crippen LogP contribution is 2.36. The standard InChI is InChI=1S/C11H19NO6S2/c1-4-5-9-12(8(6-19-9)10(13)14)20(16,17)7(2)11(15)18-3/h7-9H,4-6H2,1-3H3,(H,13,14). The first-order chi connectivity index (χ1) is 9.27. The molecule has 3 atom stereocenters. The third-order valence-electron chi connectivity index (χ3n) is 3.13. The van der Waals surface area contributed by atoms with Crippen molar-refractivity contribution >= 4 is 33.7 Å². The van der Waals surface area contributed by atoms with Crippen LogP contribution in [0.1, 0.15) is 26.7 Å². The van der Waals surface area contributed by atoms with E-state index in [0.29, 0.717) is 6.42 Å². The summed E-state index contributed by atoms with van der Waals surface area (Å²) >= 11 is 1.29. The minimum atomic E-state index is -4.06. The molecule has 1 fully saturated rings. The number of carboxylic acids is 1. The lowest BCUT2D eigenvalue weighted by Gasteiger charge is -2.28. The second-order valence-corrected chi connectivity index (χ2v) is 7.84. The lowest BCUT2D eigenvalue weighted by atomic mass is 10.3. The zero-order valence-electron chi connectivity index (χ0n) is 11.6. The molecule has 3 unspecified atom stereocenters. The first-order valence-corrected chi connectivity index (χ1v) is 8.77. The van der Waals surface area contributed by atoms with Crippen LogP contribution in [0.5, 0.6) is 0 Å². The maximum absolute atomic E-state index is 12.5. The van der Waals surface area contributed by atoms with E-state index in [0.717, 1.165) is 17.8 Å². The Morgan fingerprint density at radius 2 is 2.10 bits per heavy atom. The molecule has 1 N–H and O–H groups in total. The Hall–Kier alpha value is -0.800. The molecule has 0 aromatic heterocycles.